The molecule has 0 spiro atoms. The van der Waals surface area contributed by atoms with Crippen LogP contribution < -0.4 is 5.32 Å². The van der Waals surface area contributed by atoms with Crippen molar-refractivity contribution in [3.8, 4) is 0 Å². The average Bonchev–Trinajstić information content (AvgIpc) is 2.82. The predicted molar refractivity (Wildman–Crippen MR) is 88.1 cm³/mol. The third-order valence-electron chi connectivity index (χ3n) is 3.15. The molecule has 1 nitrogen and oxygen atoms in total. The number of thiophene rings is 1. The molecule has 0 saturated heterocycles. The molecule has 1 N–H and O–H groups in total. The maximum atomic E-state index is 6.07. The molecule has 2 aromatic rings. The summed E-state index contributed by atoms with van der Waals surface area (Å²) >= 11 is 11.4. The number of hydrogen-bond acceptors (Lipinski definition) is 2. The topological polar surface area (TPSA) is 12.0 Å². The second kappa shape index (κ2) is 6.89. The minimum absolute atomic E-state index is 0.318. The summed E-state index contributed by atoms with van der Waals surface area (Å²) in [5.74, 6) is 0. The number of rotatable bonds is 5. The van der Waals surface area contributed by atoms with E-state index in [9.17, 15) is 0 Å². The highest BCUT2D eigenvalue weighted by Crippen LogP contribution is 2.31. The van der Waals surface area contributed by atoms with E-state index in [1.54, 1.807) is 11.3 Å². The Morgan fingerprint density at radius 1 is 1.37 bits per heavy atom. The summed E-state index contributed by atoms with van der Waals surface area (Å²) < 4.78 is 1.18. The molecule has 4 heteroatoms. The Balaban J connectivity index is 2.13. The van der Waals surface area contributed by atoms with Crippen LogP contribution in [0.5, 0.6) is 0 Å². The van der Waals surface area contributed by atoms with Gasteiger partial charge in [0.05, 0.1) is 0 Å². The molecule has 1 aromatic carbocycles. The van der Waals surface area contributed by atoms with Gasteiger partial charge in [-0.3, -0.25) is 0 Å². The molecule has 2 unspecified atom stereocenters. The number of benzene rings is 1. The van der Waals surface area contributed by atoms with E-state index < -0.39 is 0 Å². The van der Waals surface area contributed by atoms with E-state index in [-0.39, 0.29) is 0 Å². The van der Waals surface area contributed by atoms with E-state index in [2.05, 4.69) is 52.6 Å². The van der Waals surface area contributed by atoms with Crippen molar-refractivity contribution in [3.05, 3.63) is 55.6 Å². The van der Waals surface area contributed by atoms with E-state index in [0.717, 1.165) is 11.4 Å². The Labute approximate surface area is 132 Å². The van der Waals surface area contributed by atoms with Crippen LogP contribution in [-0.2, 0) is 0 Å². The van der Waals surface area contributed by atoms with Gasteiger partial charge in [-0.15, -0.1) is 11.3 Å². The van der Waals surface area contributed by atoms with E-state index in [0.29, 0.717) is 12.1 Å². The van der Waals surface area contributed by atoms with Gasteiger partial charge in [0, 0.05) is 26.5 Å². The molecular formula is C15H17BrClNS. The highest BCUT2D eigenvalue weighted by Gasteiger charge is 2.16. The zero-order valence-electron chi connectivity index (χ0n) is 11.0. The number of nitrogens with one attached hydrogen (secondary N) is 1. The van der Waals surface area contributed by atoms with E-state index in [1.807, 2.05) is 18.2 Å². The molecule has 102 valence electrons. The zero-order valence-corrected chi connectivity index (χ0v) is 14.1. The van der Waals surface area contributed by atoms with Gasteiger partial charge in [0.2, 0.25) is 0 Å². The SMILES string of the molecule is CCC(NC(C)c1sccc1Br)c1cccc(Cl)c1. The first-order valence-electron chi connectivity index (χ1n) is 6.36. The van der Waals surface area contributed by atoms with Gasteiger partial charge in [-0.1, -0.05) is 30.7 Å². The zero-order chi connectivity index (χ0) is 13.8. The van der Waals surface area contributed by atoms with Crippen LogP contribution in [0.25, 0.3) is 0 Å². The minimum atomic E-state index is 0.318. The van der Waals surface area contributed by atoms with Crippen LogP contribution in [0.3, 0.4) is 0 Å². The second-order valence-corrected chi connectivity index (χ2v) is 6.78. The Kier molecular flexibility index (Phi) is 5.46. The van der Waals surface area contributed by atoms with E-state index in [1.165, 1.54) is 14.9 Å². The first-order chi connectivity index (χ1) is 9.11. The lowest BCUT2D eigenvalue weighted by Gasteiger charge is -2.22. The molecule has 0 aliphatic heterocycles. The molecule has 0 aliphatic carbocycles. The molecule has 2 atom stereocenters. The summed E-state index contributed by atoms with van der Waals surface area (Å²) in [6, 6.07) is 10.8. The first kappa shape index (κ1) is 15.0. The normalized spacial score (nSPS) is 14.3. The van der Waals surface area contributed by atoms with Crippen molar-refractivity contribution in [2.75, 3.05) is 0 Å². The van der Waals surface area contributed by atoms with Gasteiger partial charge < -0.3 is 5.32 Å². The molecule has 0 fully saturated rings. The Bertz CT molecular complexity index is 540. The highest BCUT2D eigenvalue weighted by atomic mass is 79.9. The quantitative estimate of drug-likeness (QED) is 0.694. The fourth-order valence-corrected chi connectivity index (χ4v) is 4.10. The van der Waals surface area contributed by atoms with Crippen molar-refractivity contribution in [2.45, 2.75) is 32.4 Å². The Hall–Kier alpha value is -0.350. The van der Waals surface area contributed by atoms with Gasteiger partial charge in [0.25, 0.3) is 0 Å². The third kappa shape index (κ3) is 3.82. The van der Waals surface area contributed by atoms with Gasteiger partial charge >= 0.3 is 0 Å². The van der Waals surface area contributed by atoms with Crippen LogP contribution in [0.1, 0.15) is 42.8 Å². The summed E-state index contributed by atoms with van der Waals surface area (Å²) in [5, 5.41) is 6.58. The van der Waals surface area contributed by atoms with Gasteiger partial charge in [-0.25, -0.2) is 0 Å². The molecule has 0 bridgehead atoms. The van der Waals surface area contributed by atoms with Crippen molar-refractivity contribution >= 4 is 38.9 Å². The van der Waals surface area contributed by atoms with Gasteiger partial charge in [0.1, 0.15) is 0 Å². The van der Waals surface area contributed by atoms with Crippen molar-refractivity contribution < 1.29 is 0 Å². The van der Waals surface area contributed by atoms with Crippen LogP contribution >= 0.6 is 38.9 Å². The first-order valence-corrected chi connectivity index (χ1v) is 8.41. The van der Waals surface area contributed by atoms with E-state index in [4.69, 9.17) is 11.6 Å². The molecule has 0 saturated carbocycles. The van der Waals surface area contributed by atoms with Crippen molar-refractivity contribution in [3.63, 3.8) is 0 Å². The van der Waals surface area contributed by atoms with Crippen molar-refractivity contribution in [1.29, 1.82) is 0 Å². The Morgan fingerprint density at radius 2 is 2.16 bits per heavy atom. The van der Waals surface area contributed by atoms with Crippen LogP contribution in [0.15, 0.2) is 40.2 Å². The summed E-state index contributed by atoms with van der Waals surface area (Å²) in [5.41, 5.74) is 1.24. The fraction of sp³-hybridized carbons (Fsp3) is 0.333. The largest absolute Gasteiger partial charge is 0.303 e. The smallest absolute Gasteiger partial charge is 0.0409 e. The molecule has 1 aromatic heterocycles. The van der Waals surface area contributed by atoms with Gasteiger partial charge in [-0.05, 0) is 58.4 Å². The lowest BCUT2D eigenvalue weighted by atomic mass is 10.0. The fourth-order valence-electron chi connectivity index (χ4n) is 2.16. The van der Waals surface area contributed by atoms with Gasteiger partial charge in [0.15, 0.2) is 0 Å². The summed E-state index contributed by atoms with van der Waals surface area (Å²) in [6.07, 6.45) is 1.04. The lowest BCUT2D eigenvalue weighted by Crippen LogP contribution is -2.23. The molecular weight excluding hydrogens is 342 g/mol. The van der Waals surface area contributed by atoms with Crippen molar-refractivity contribution in [1.82, 2.24) is 5.32 Å². The van der Waals surface area contributed by atoms with Crippen LogP contribution in [0.2, 0.25) is 5.02 Å². The number of halogens is 2. The summed E-state index contributed by atoms with van der Waals surface area (Å²) in [4.78, 5) is 1.33. The molecule has 1 heterocycles. The standard InChI is InChI=1S/C15H17BrClNS/c1-3-14(11-5-4-6-12(17)9-11)18-10(2)15-13(16)7-8-19-15/h4-10,14,18H,3H2,1-2H3. The maximum absolute atomic E-state index is 6.07. The molecule has 0 aliphatic rings. The molecule has 19 heavy (non-hydrogen) atoms. The average molecular weight is 359 g/mol. The molecule has 0 amide bonds. The highest BCUT2D eigenvalue weighted by molar-refractivity contribution is 9.10. The van der Waals surface area contributed by atoms with Crippen LogP contribution in [-0.4, -0.2) is 0 Å². The van der Waals surface area contributed by atoms with Crippen LogP contribution in [0.4, 0.5) is 0 Å². The number of hydrogen-bond donors (Lipinski definition) is 1. The van der Waals surface area contributed by atoms with Crippen molar-refractivity contribution in [2.24, 2.45) is 0 Å². The minimum Gasteiger partial charge on any atom is -0.303 e. The summed E-state index contributed by atoms with van der Waals surface area (Å²) in [7, 11) is 0. The summed E-state index contributed by atoms with van der Waals surface area (Å²) in [6.45, 7) is 4.39. The molecule has 0 radical (unpaired) electrons. The predicted octanol–water partition coefficient (Wildman–Crippen LogP) is 5.97. The Morgan fingerprint density at radius 3 is 2.74 bits per heavy atom. The molecule has 2 rings (SSSR count). The van der Waals surface area contributed by atoms with E-state index >= 15 is 0 Å². The lowest BCUT2D eigenvalue weighted by molar-refractivity contribution is 0.460. The third-order valence-corrected chi connectivity index (χ3v) is 5.44. The second-order valence-electron chi connectivity index (χ2n) is 4.54. The van der Waals surface area contributed by atoms with Gasteiger partial charge in [-0.2, -0.15) is 0 Å². The maximum Gasteiger partial charge on any atom is 0.0409 e. The monoisotopic (exact) mass is 357 g/mol. The van der Waals surface area contributed by atoms with Crippen LogP contribution in [0, 0.1) is 0 Å².